The minimum atomic E-state index is -0.495. The number of H-pyrrole nitrogens is 1. The number of rotatable bonds is 9. The first kappa shape index (κ1) is 18.4. The molecule has 0 bridgehead atoms. The van der Waals surface area contributed by atoms with Gasteiger partial charge in [-0.25, -0.2) is 4.79 Å². The van der Waals surface area contributed by atoms with Gasteiger partial charge < -0.3 is 10.1 Å². The van der Waals surface area contributed by atoms with Gasteiger partial charge >= 0.3 is 11.7 Å². The second-order valence-corrected chi connectivity index (χ2v) is 5.70. The summed E-state index contributed by atoms with van der Waals surface area (Å²) < 4.78 is 5.22. The molecule has 2 N–H and O–H groups in total. The van der Waals surface area contributed by atoms with Gasteiger partial charge in [0.25, 0.3) is 0 Å². The third kappa shape index (κ3) is 5.03. The molecule has 2 aromatic rings. The highest BCUT2D eigenvalue weighted by molar-refractivity contribution is 5.90. The van der Waals surface area contributed by atoms with Crippen LogP contribution in [0.1, 0.15) is 48.7 Å². The number of anilines is 2. The number of hydrogen-bond acceptors (Lipinski definition) is 6. The molecule has 0 aliphatic carbocycles. The molecule has 0 fully saturated rings. The van der Waals surface area contributed by atoms with Gasteiger partial charge in [-0.1, -0.05) is 26.2 Å². The van der Waals surface area contributed by atoms with Crippen molar-refractivity contribution in [2.24, 2.45) is 0 Å². The van der Waals surface area contributed by atoms with E-state index in [1.807, 2.05) is 0 Å². The van der Waals surface area contributed by atoms with Crippen LogP contribution < -0.4 is 5.32 Å². The zero-order valence-electron chi connectivity index (χ0n) is 14.4. The van der Waals surface area contributed by atoms with Crippen LogP contribution in [-0.4, -0.2) is 27.7 Å². The van der Waals surface area contributed by atoms with Crippen molar-refractivity contribution in [1.82, 2.24) is 10.2 Å². The second kappa shape index (κ2) is 8.81. The Kier molecular flexibility index (Phi) is 6.50. The number of aryl methyl sites for hydroxylation is 1. The Morgan fingerprint density at radius 3 is 2.64 bits per heavy atom. The predicted molar refractivity (Wildman–Crippen MR) is 94.1 cm³/mol. The molecule has 1 aromatic heterocycles. The van der Waals surface area contributed by atoms with Crippen molar-refractivity contribution in [2.75, 3.05) is 11.9 Å². The van der Waals surface area contributed by atoms with E-state index in [0.717, 1.165) is 25.7 Å². The Bertz CT molecular complexity index is 725. The van der Waals surface area contributed by atoms with Crippen LogP contribution in [0.15, 0.2) is 24.3 Å². The van der Waals surface area contributed by atoms with Gasteiger partial charge in [-0.2, -0.15) is 0 Å². The van der Waals surface area contributed by atoms with Gasteiger partial charge in [0.1, 0.15) is 5.69 Å². The lowest BCUT2D eigenvalue weighted by atomic mass is 10.2. The quantitative estimate of drug-likeness (QED) is 0.306. The first-order chi connectivity index (χ1) is 12.0. The molecule has 0 amide bonds. The largest absolute Gasteiger partial charge is 0.462 e. The van der Waals surface area contributed by atoms with Crippen LogP contribution >= 0.6 is 0 Å². The molecule has 134 valence electrons. The van der Waals surface area contributed by atoms with E-state index >= 15 is 0 Å². The van der Waals surface area contributed by atoms with Crippen LogP contribution in [0.25, 0.3) is 0 Å². The third-order valence-electron chi connectivity index (χ3n) is 3.71. The SMILES string of the molecule is CCCCCCOC(=O)c1ccc(Nc2n[nH]c(C)c2[N+](=O)[O-])cc1. The monoisotopic (exact) mass is 346 g/mol. The molecule has 0 aliphatic rings. The second-order valence-electron chi connectivity index (χ2n) is 5.70. The lowest BCUT2D eigenvalue weighted by Crippen LogP contribution is -2.06. The molecule has 8 heteroatoms. The summed E-state index contributed by atoms with van der Waals surface area (Å²) in [6, 6.07) is 6.53. The van der Waals surface area contributed by atoms with Crippen LogP contribution in [0.3, 0.4) is 0 Å². The highest BCUT2D eigenvalue weighted by Crippen LogP contribution is 2.28. The topological polar surface area (TPSA) is 110 Å². The van der Waals surface area contributed by atoms with Gasteiger partial charge in [0.15, 0.2) is 0 Å². The number of unbranched alkanes of at least 4 members (excludes halogenated alkanes) is 3. The maximum Gasteiger partial charge on any atom is 0.338 e. The lowest BCUT2D eigenvalue weighted by Gasteiger charge is -2.06. The molecular formula is C17H22N4O4. The summed E-state index contributed by atoms with van der Waals surface area (Å²) in [7, 11) is 0. The molecule has 0 unspecified atom stereocenters. The summed E-state index contributed by atoms with van der Waals surface area (Å²) in [6.07, 6.45) is 4.18. The van der Waals surface area contributed by atoms with Crippen molar-refractivity contribution >= 4 is 23.2 Å². The van der Waals surface area contributed by atoms with Crippen molar-refractivity contribution in [1.29, 1.82) is 0 Å². The van der Waals surface area contributed by atoms with E-state index in [-0.39, 0.29) is 17.5 Å². The van der Waals surface area contributed by atoms with E-state index in [2.05, 4.69) is 22.4 Å². The lowest BCUT2D eigenvalue weighted by molar-refractivity contribution is -0.384. The van der Waals surface area contributed by atoms with E-state index in [0.29, 0.717) is 23.6 Å². The summed E-state index contributed by atoms with van der Waals surface area (Å²) in [5.41, 5.74) is 1.30. The third-order valence-corrected chi connectivity index (χ3v) is 3.71. The van der Waals surface area contributed by atoms with Crippen LogP contribution in [0.2, 0.25) is 0 Å². The fourth-order valence-corrected chi connectivity index (χ4v) is 2.34. The molecule has 0 aliphatic heterocycles. The van der Waals surface area contributed by atoms with Crippen molar-refractivity contribution in [2.45, 2.75) is 39.5 Å². The average molecular weight is 346 g/mol. The molecule has 2 rings (SSSR count). The van der Waals surface area contributed by atoms with Gasteiger partial charge in [0, 0.05) is 5.69 Å². The van der Waals surface area contributed by atoms with Crippen LogP contribution in [0.5, 0.6) is 0 Å². The Balaban J connectivity index is 1.94. The van der Waals surface area contributed by atoms with E-state index in [1.165, 1.54) is 0 Å². The van der Waals surface area contributed by atoms with E-state index < -0.39 is 4.92 Å². The number of nitrogens with one attached hydrogen (secondary N) is 2. The number of benzene rings is 1. The molecule has 0 saturated carbocycles. The molecule has 0 radical (unpaired) electrons. The number of nitrogens with zero attached hydrogens (tertiary/aromatic N) is 2. The minimum Gasteiger partial charge on any atom is -0.462 e. The van der Waals surface area contributed by atoms with Crippen LogP contribution in [0, 0.1) is 17.0 Å². The highest BCUT2D eigenvalue weighted by Gasteiger charge is 2.21. The number of aromatic nitrogens is 2. The van der Waals surface area contributed by atoms with E-state index in [4.69, 9.17) is 4.74 Å². The molecule has 8 nitrogen and oxygen atoms in total. The number of nitro groups is 1. The van der Waals surface area contributed by atoms with Gasteiger partial charge in [-0.05, 0) is 37.6 Å². The van der Waals surface area contributed by atoms with Gasteiger partial charge in [0.2, 0.25) is 5.82 Å². The Morgan fingerprint density at radius 2 is 2.00 bits per heavy atom. The molecular weight excluding hydrogens is 324 g/mol. The minimum absolute atomic E-state index is 0.101. The van der Waals surface area contributed by atoms with Gasteiger partial charge in [-0.15, -0.1) is 5.10 Å². The summed E-state index contributed by atoms with van der Waals surface area (Å²) >= 11 is 0. The number of carbonyl (C=O) groups excluding carboxylic acids is 1. The summed E-state index contributed by atoms with van der Waals surface area (Å²) in [4.78, 5) is 22.5. The first-order valence-corrected chi connectivity index (χ1v) is 8.26. The molecule has 0 spiro atoms. The van der Waals surface area contributed by atoms with Crippen molar-refractivity contribution in [3.05, 3.63) is 45.6 Å². The summed E-state index contributed by atoms with van der Waals surface area (Å²) in [5, 5.41) is 20.4. The fraction of sp³-hybridized carbons (Fsp3) is 0.412. The van der Waals surface area contributed by atoms with Gasteiger partial charge in [0.05, 0.1) is 17.1 Å². The summed E-state index contributed by atoms with van der Waals surface area (Å²) in [5.74, 6) is -0.238. The Labute approximate surface area is 145 Å². The van der Waals surface area contributed by atoms with E-state index in [9.17, 15) is 14.9 Å². The fourth-order valence-electron chi connectivity index (χ4n) is 2.34. The molecule has 1 aromatic carbocycles. The molecule has 0 saturated heterocycles. The molecule has 1 heterocycles. The maximum atomic E-state index is 11.9. The predicted octanol–water partition coefficient (Wildman–Crippen LogP) is 4.11. The van der Waals surface area contributed by atoms with Crippen LogP contribution in [-0.2, 0) is 4.74 Å². The van der Waals surface area contributed by atoms with Crippen LogP contribution in [0.4, 0.5) is 17.2 Å². The molecule has 0 atom stereocenters. The first-order valence-electron chi connectivity index (χ1n) is 8.26. The number of carbonyl (C=O) groups is 1. The van der Waals surface area contributed by atoms with Crippen molar-refractivity contribution in [3.63, 3.8) is 0 Å². The van der Waals surface area contributed by atoms with E-state index in [1.54, 1.807) is 31.2 Å². The Hall–Kier alpha value is -2.90. The van der Waals surface area contributed by atoms with Crippen molar-refractivity contribution in [3.8, 4) is 0 Å². The highest BCUT2D eigenvalue weighted by atomic mass is 16.6. The number of hydrogen-bond donors (Lipinski definition) is 2. The Morgan fingerprint density at radius 1 is 1.28 bits per heavy atom. The average Bonchev–Trinajstić information content (AvgIpc) is 2.95. The number of esters is 1. The maximum absolute atomic E-state index is 11.9. The molecule has 25 heavy (non-hydrogen) atoms. The summed E-state index contributed by atoms with van der Waals surface area (Å²) in [6.45, 7) is 4.12. The smallest absolute Gasteiger partial charge is 0.338 e. The number of aromatic amines is 1. The zero-order chi connectivity index (χ0) is 18.2. The standard InChI is InChI=1S/C17H22N4O4/c1-3-4-5-6-11-25-17(22)13-7-9-14(10-8-13)18-16-15(21(23)24)12(2)19-20-16/h7-10H,3-6,11H2,1-2H3,(H2,18,19,20). The van der Waals surface area contributed by atoms with Gasteiger partial charge in [-0.3, -0.25) is 15.2 Å². The number of ether oxygens (including phenoxy) is 1. The normalized spacial score (nSPS) is 10.5. The zero-order valence-corrected chi connectivity index (χ0v) is 14.4. The van der Waals surface area contributed by atoms with Crippen molar-refractivity contribution < 1.29 is 14.5 Å².